The van der Waals surface area contributed by atoms with Gasteiger partial charge in [0.1, 0.15) is 11.4 Å². The Morgan fingerprint density at radius 2 is 1.68 bits per heavy atom. The second-order valence-electron chi connectivity index (χ2n) is 7.94. The van der Waals surface area contributed by atoms with Crippen molar-refractivity contribution < 1.29 is 9.53 Å². The lowest BCUT2D eigenvalue weighted by Crippen LogP contribution is -2.07. The largest absolute Gasteiger partial charge is 0.427 e. The van der Waals surface area contributed by atoms with Crippen LogP contribution in [0.3, 0.4) is 0 Å². The monoisotopic (exact) mass is 415 g/mol. The summed E-state index contributed by atoms with van der Waals surface area (Å²) in [5.41, 5.74) is 4.49. The molecule has 31 heavy (non-hydrogen) atoms. The van der Waals surface area contributed by atoms with E-state index in [0.29, 0.717) is 12.2 Å². The molecule has 0 aliphatic carbocycles. The lowest BCUT2D eigenvalue weighted by Gasteiger charge is -2.09. The summed E-state index contributed by atoms with van der Waals surface area (Å²) < 4.78 is 7.56. The number of hydrogen-bond acceptors (Lipinski definition) is 4. The van der Waals surface area contributed by atoms with Crippen LogP contribution >= 0.6 is 0 Å². The number of esters is 1. The molecule has 0 amide bonds. The Bertz CT molecular complexity index is 1150. The number of carbonyl (C=O) groups is 1. The molecule has 2 aromatic heterocycles. The van der Waals surface area contributed by atoms with Crippen LogP contribution < -0.4 is 4.74 Å². The summed E-state index contributed by atoms with van der Waals surface area (Å²) in [6.07, 6.45) is 12.5. The lowest BCUT2D eigenvalue weighted by molar-refractivity contribution is -0.134. The predicted molar refractivity (Wildman–Crippen MR) is 124 cm³/mol. The highest BCUT2D eigenvalue weighted by atomic mass is 16.5. The highest BCUT2D eigenvalue weighted by Crippen LogP contribution is 2.27. The topological polar surface area (TPSA) is 56.5 Å². The summed E-state index contributed by atoms with van der Waals surface area (Å²) in [6, 6.07) is 15.5. The number of ether oxygens (including phenoxy) is 1. The minimum atomic E-state index is -0.166. The quantitative estimate of drug-likeness (QED) is 0.166. The van der Waals surface area contributed by atoms with Gasteiger partial charge in [-0.1, -0.05) is 57.6 Å². The maximum Gasteiger partial charge on any atom is 0.311 e. The summed E-state index contributed by atoms with van der Waals surface area (Å²) in [4.78, 5) is 21.5. The van der Waals surface area contributed by atoms with Crippen LogP contribution in [0.5, 0.6) is 5.75 Å². The number of benzene rings is 2. The van der Waals surface area contributed by atoms with E-state index in [1.807, 2.05) is 59.1 Å². The number of carbonyl (C=O) groups excluding carboxylic acids is 1. The van der Waals surface area contributed by atoms with E-state index in [0.717, 1.165) is 40.8 Å². The van der Waals surface area contributed by atoms with Gasteiger partial charge in [0.15, 0.2) is 5.65 Å². The van der Waals surface area contributed by atoms with E-state index in [1.165, 1.54) is 32.1 Å². The van der Waals surface area contributed by atoms with E-state index in [9.17, 15) is 4.79 Å². The number of nitrogens with zero attached hydrogens (tertiary/aromatic N) is 3. The van der Waals surface area contributed by atoms with Gasteiger partial charge in [-0.3, -0.25) is 9.20 Å². The molecule has 5 heteroatoms. The standard InChI is InChI=1S/C26H29N3O2/c1-2-3-4-5-6-7-8-13-24(30)31-21-16-14-20(15-17-21)25-26-27-18-19-29(26)23-12-10-9-11-22(23)28-25/h9-12,14-19H,2-8,13H2,1H3. The molecule has 0 N–H and O–H groups in total. The van der Waals surface area contributed by atoms with Crippen LogP contribution in [0, 0.1) is 0 Å². The van der Waals surface area contributed by atoms with Crippen LogP contribution in [-0.4, -0.2) is 20.3 Å². The first-order chi connectivity index (χ1) is 15.3. The fourth-order valence-electron chi connectivity index (χ4n) is 3.89. The molecule has 0 radical (unpaired) electrons. The van der Waals surface area contributed by atoms with E-state index in [-0.39, 0.29) is 5.97 Å². The Morgan fingerprint density at radius 1 is 0.935 bits per heavy atom. The fourth-order valence-corrected chi connectivity index (χ4v) is 3.89. The Labute approximate surface area is 183 Å². The van der Waals surface area contributed by atoms with Gasteiger partial charge in [-0.15, -0.1) is 0 Å². The van der Waals surface area contributed by atoms with Crippen molar-refractivity contribution in [2.24, 2.45) is 0 Å². The number of imidazole rings is 1. The highest BCUT2D eigenvalue weighted by Gasteiger charge is 2.12. The number of hydrogen-bond donors (Lipinski definition) is 0. The van der Waals surface area contributed by atoms with Crippen LogP contribution in [0.4, 0.5) is 0 Å². The van der Waals surface area contributed by atoms with E-state index in [4.69, 9.17) is 9.72 Å². The van der Waals surface area contributed by atoms with Crippen LogP contribution in [0.1, 0.15) is 58.3 Å². The molecule has 0 spiro atoms. The van der Waals surface area contributed by atoms with Crippen molar-refractivity contribution in [1.29, 1.82) is 0 Å². The van der Waals surface area contributed by atoms with Crippen molar-refractivity contribution in [3.8, 4) is 17.0 Å². The molecule has 0 aliphatic rings. The second kappa shape index (κ2) is 10.2. The molecule has 0 aliphatic heterocycles. The first kappa shape index (κ1) is 21.0. The van der Waals surface area contributed by atoms with Gasteiger partial charge in [-0.2, -0.15) is 0 Å². The number of unbranched alkanes of at least 4 members (excludes halogenated alkanes) is 6. The smallest absolute Gasteiger partial charge is 0.311 e. The average molecular weight is 416 g/mol. The Kier molecular flexibility index (Phi) is 6.92. The fraction of sp³-hybridized carbons (Fsp3) is 0.346. The van der Waals surface area contributed by atoms with Crippen LogP contribution in [-0.2, 0) is 4.79 Å². The SMILES string of the molecule is CCCCCCCCCC(=O)Oc1ccc(-c2nc3ccccc3n3ccnc23)cc1. The third-order valence-electron chi connectivity index (χ3n) is 5.57. The van der Waals surface area contributed by atoms with E-state index in [2.05, 4.69) is 11.9 Å². The van der Waals surface area contributed by atoms with Crippen molar-refractivity contribution in [3.05, 3.63) is 60.9 Å². The van der Waals surface area contributed by atoms with Gasteiger partial charge in [-0.05, 0) is 42.8 Å². The molecular weight excluding hydrogens is 386 g/mol. The third-order valence-corrected chi connectivity index (χ3v) is 5.57. The number of rotatable bonds is 10. The predicted octanol–water partition coefficient (Wildman–Crippen LogP) is 6.60. The van der Waals surface area contributed by atoms with E-state index < -0.39 is 0 Å². The number of para-hydroxylation sites is 2. The highest BCUT2D eigenvalue weighted by molar-refractivity contribution is 5.85. The van der Waals surface area contributed by atoms with Crippen LogP contribution in [0.25, 0.3) is 27.9 Å². The van der Waals surface area contributed by atoms with Gasteiger partial charge in [0, 0.05) is 24.4 Å². The molecule has 0 saturated heterocycles. The number of fused-ring (bicyclic) bond motifs is 3. The molecule has 160 valence electrons. The Hall–Kier alpha value is -3.21. The normalized spacial score (nSPS) is 11.3. The minimum Gasteiger partial charge on any atom is -0.427 e. The summed E-state index contributed by atoms with van der Waals surface area (Å²) in [5, 5.41) is 0. The molecule has 0 bridgehead atoms. The summed E-state index contributed by atoms with van der Waals surface area (Å²) in [5.74, 6) is 0.401. The van der Waals surface area contributed by atoms with E-state index >= 15 is 0 Å². The van der Waals surface area contributed by atoms with Crippen molar-refractivity contribution in [2.75, 3.05) is 0 Å². The zero-order chi connectivity index (χ0) is 21.5. The number of aromatic nitrogens is 3. The van der Waals surface area contributed by atoms with Gasteiger partial charge in [0.2, 0.25) is 0 Å². The van der Waals surface area contributed by atoms with Crippen molar-refractivity contribution in [3.63, 3.8) is 0 Å². The van der Waals surface area contributed by atoms with Crippen molar-refractivity contribution in [1.82, 2.24) is 14.4 Å². The summed E-state index contributed by atoms with van der Waals surface area (Å²) >= 11 is 0. The molecular formula is C26H29N3O2. The molecule has 0 atom stereocenters. The third kappa shape index (κ3) is 5.10. The molecule has 4 aromatic rings. The zero-order valence-electron chi connectivity index (χ0n) is 18.1. The van der Waals surface area contributed by atoms with Crippen LogP contribution in [0.15, 0.2) is 60.9 Å². The minimum absolute atomic E-state index is 0.166. The van der Waals surface area contributed by atoms with Crippen LogP contribution in [0.2, 0.25) is 0 Å². The molecule has 5 nitrogen and oxygen atoms in total. The summed E-state index contributed by atoms with van der Waals surface area (Å²) in [6.45, 7) is 2.22. The Balaban J connectivity index is 1.38. The lowest BCUT2D eigenvalue weighted by atomic mass is 10.1. The average Bonchev–Trinajstić information content (AvgIpc) is 3.29. The molecule has 4 rings (SSSR count). The first-order valence-electron chi connectivity index (χ1n) is 11.3. The first-order valence-corrected chi connectivity index (χ1v) is 11.3. The zero-order valence-corrected chi connectivity index (χ0v) is 18.1. The molecule has 2 aromatic carbocycles. The van der Waals surface area contributed by atoms with Gasteiger partial charge in [0.25, 0.3) is 0 Å². The molecule has 2 heterocycles. The van der Waals surface area contributed by atoms with Crippen molar-refractivity contribution in [2.45, 2.75) is 58.3 Å². The summed E-state index contributed by atoms with van der Waals surface area (Å²) in [7, 11) is 0. The van der Waals surface area contributed by atoms with Gasteiger partial charge >= 0.3 is 5.97 Å². The molecule has 0 saturated carbocycles. The second-order valence-corrected chi connectivity index (χ2v) is 7.94. The molecule has 0 fully saturated rings. The maximum atomic E-state index is 12.1. The van der Waals surface area contributed by atoms with E-state index in [1.54, 1.807) is 6.20 Å². The van der Waals surface area contributed by atoms with Crippen molar-refractivity contribution >= 4 is 22.6 Å². The maximum absolute atomic E-state index is 12.1. The van der Waals surface area contributed by atoms with Gasteiger partial charge in [-0.25, -0.2) is 9.97 Å². The van der Waals surface area contributed by atoms with Gasteiger partial charge in [0.05, 0.1) is 11.0 Å². The van der Waals surface area contributed by atoms with Gasteiger partial charge < -0.3 is 4.74 Å². The molecule has 0 unspecified atom stereocenters. The Morgan fingerprint density at radius 3 is 2.48 bits per heavy atom.